The molecule has 0 unspecified atom stereocenters. The fraction of sp³-hybridized carbons (Fsp3) is 0.0833. The molecular weight excluding hydrogens is 311 g/mol. The second-order valence-electron chi connectivity index (χ2n) is 3.44. The molecule has 2 rings (SSSR count). The monoisotopic (exact) mass is 317 g/mol. The lowest BCUT2D eigenvalue weighted by atomic mass is 10.3. The molecule has 1 heterocycles. The van der Waals surface area contributed by atoms with E-state index < -0.39 is 11.7 Å². The zero-order chi connectivity index (χ0) is 13.2. The molecule has 0 aliphatic heterocycles. The van der Waals surface area contributed by atoms with E-state index in [-0.39, 0.29) is 5.88 Å². The predicted molar refractivity (Wildman–Crippen MR) is 63.5 cm³/mol. The SMILES string of the molecule is FC(F)(F)c1ccc(Oc2cccc(Br)c2)nc1. The van der Waals surface area contributed by atoms with E-state index in [4.69, 9.17) is 4.74 Å². The molecule has 0 N–H and O–H groups in total. The number of halogens is 4. The fourth-order valence-electron chi connectivity index (χ4n) is 1.26. The van der Waals surface area contributed by atoms with E-state index in [1.165, 1.54) is 6.07 Å². The van der Waals surface area contributed by atoms with Gasteiger partial charge in [0.2, 0.25) is 5.88 Å². The molecule has 94 valence electrons. The molecule has 0 aliphatic rings. The highest BCUT2D eigenvalue weighted by Crippen LogP contribution is 2.30. The molecule has 0 spiro atoms. The molecule has 0 atom stereocenters. The van der Waals surface area contributed by atoms with Gasteiger partial charge in [0.15, 0.2) is 0 Å². The van der Waals surface area contributed by atoms with Gasteiger partial charge in [-0.15, -0.1) is 0 Å². The summed E-state index contributed by atoms with van der Waals surface area (Å²) in [5.41, 5.74) is -0.802. The van der Waals surface area contributed by atoms with Crippen LogP contribution in [0.25, 0.3) is 0 Å². The molecule has 0 aliphatic carbocycles. The summed E-state index contributed by atoms with van der Waals surface area (Å²) in [6.07, 6.45) is -3.64. The lowest BCUT2D eigenvalue weighted by Gasteiger charge is -2.08. The Bertz CT molecular complexity index is 540. The van der Waals surface area contributed by atoms with Gasteiger partial charge in [0.05, 0.1) is 5.56 Å². The van der Waals surface area contributed by atoms with Crippen LogP contribution < -0.4 is 4.74 Å². The quantitative estimate of drug-likeness (QED) is 0.804. The van der Waals surface area contributed by atoms with Crippen molar-refractivity contribution in [3.05, 3.63) is 52.6 Å². The van der Waals surface area contributed by atoms with Gasteiger partial charge in [-0.2, -0.15) is 13.2 Å². The topological polar surface area (TPSA) is 22.1 Å². The average Bonchev–Trinajstić information content (AvgIpc) is 2.28. The Morgan fingerprint density at radius 1 is 1.11 bits per heavy atom. The van der Waals surface area contributed by atoms with Crippen molar-refractivity contribution in [2.45, 2.75) is 6.18 Å². The first-order valence-electron chi connectivity index (χ1n) is 4.92. The maximum Gasteiger partial charge on any atom is 0.417 e. The normalized spacial score (nSPS) is 11.3. The Kier molecular flexibility index (Phi) is 3.56. The van der Waals surface area contributed by atoms with Crippen LogP contribution in [0.5, 0.6) is 11.6 Å². The van der Waals surface area contributed by atoms with Gasteiger partial charge in [-0.3, -0.25) is 0 Å². The smallest absolute Gasteiger partial charge is 0.417 e. The lowest BCUT2D eigenvalue weighted by molar-refractivity contribution is -0.137. The van der Waals surface area contributed by atoms with Gasteiger partial charge < -0.3 is 4.74 Å². The summed E-state index contributed by atoms with van der Waals surface area (Å²) in [6, 6.07) is 9.06. The largest absolute Gasteiger partial charge is 0.439 e. The van der Waals surface area contributed by atoms with Crippen molar-refractivity contribution in [2.24, 2.45) is 0 Å². The van der Waals surface area contributed by atoms with E-state index in [0.29, 0.717) is 5.75 Å². The molecule has 0 amide bonds. The Balaban J connectivity index is 2.16. The first kappa shape index (κ1) is 12.9. The second-order valence-corrected chi connectivity index (χ2v) is 4.36. The van der Waals surface area contributed by atoms with Crippen molar-refractivity contribution < 1.29 is 17.9 Å². The summed E-state index contributed by atoms with van der Waals surface area (Å²) in [5.74, 6) is 0.609. The van der Waals surface area contributed by atoms with Crippen molar-refractivity contribution in [1.82, 2.24) is 4.98 Å². The highest BCUT2D eigenvalue weighted by molar-refractivity contribution is 9.10. The number of nitrogens with zero attached hydrogens (tertiary/aromatic N) is 1. The van der Waals surface area contributed by atoms with Crippen LogP contribution in [-0.2, 0) is 6.18 Å². The molecule has 0 radical (unpaired) electrons. The Hall–Kier alpha value is -1.56. The molecule has 1 aromatic heterocycles. The van der Waals surface area contributed by atoms with Gasteiger partial charge in [0, 0.05) is 16.7 Å². The van der Waals surface area contributed by atoms with E-state index >= 15 is 0 Å². The first-order valence-corrected chi connectivity index (χ1v) is 5.71. The minimum Gasteiger partial charge on any atom is -0.439 e. The molecule has 0 saturated carbocycles. The maximum atomic E-state index is 12.3. The summed E-state index contributed by atoms with van der Waals surface area (Å²) >= 11 is 3.26. The average molecular weight is 318 g/mol. The molecule has 2 nitrogen and oxygen atoms in total. The molecular formula is C12H7BrF3NO. The van der Waals surface area contributed by atoms with Crippen LogP contribution in [0.15, 0.2) is 47.1 Å². The molecule has 0 saturated heterocycles. The third-order valence-electron chi connectivity index (χ3n) is 2.08. The fourth-order valence-corrected chi connectivity index (χ4v) is 1.64. The highest BCUT2D eigenvalue weighted by Gasteiger charge is 2.30. The van der Waals surface area contributed by atoms with E-state index in [1.807, 2.05) is 6.07 Å². The number of hydrogen-bond donors (Lipinski definition) is 0. The van der Waals surface area contributed by atoms with Crippen LogP contribution in [0.2, 0.25) is 0 Å². The van der Waals surface area contributed by atoms with Crippen molar-refractivity contribution >= 4 is 15.9 Å². The second kappa shape index (κ2) is 4.97. The summed E-state index contributed by atoms with van der Waals surface area (Å²) in [6.45, 7) is 0. The number of aromatic nitrogens is 1. The Labute approximate surface area is 110 Å². The van der Waals surface area contributed by atoms with Crippen molar-refractivity contribution in [3.63, 3.8) is 0 Å². The minimum absolute atomic E-state index is 0.112. The Morgan fingerprint density at radius 2 is 1.89 bits per heavy atom. The third-order valence-corrected chi connectivity index (χ3v) is 2.58. The molecule has 6 heteroatoms. The summed E-state index contributed by atoms with van der Waals surface area (Å²) in [5, 5.41) is 0. The molecule has 0 fully saturated rings. The zero-order valence-corrected chi connectivity index (χ0v) is 10.5. The van der Waals surface area contributed by atoms with Crippen LogP contribution >= 0.6 is 15.9 Å². The molecule has 18 heavy (non-hydrogen) atoms. The third kappa shape index (κ3) is 3.22. The first-order chi connectivity index (χ1) is 8.45. The van der Waals surface area contributed by atoms with Crippen LogP contribution in [0.3, 0.4) is 0 Å². The number of hydrogen-bond acceptors (Lipinski definition) is 2. The van der Waals surface area contributed by atoms with Gasteiger partial charge in [0.1, 0.15) is 5.75 Å². The van der Waals surface area contributed by atoms with Crippen LogP contribution in [0, 0.1) is 0 Å². The molecule has 1 aromatic carbocycles. The predicted octanol–water partition coefficient (Wildman–Crippen LogP) is 4.66. The van der Waals surface area contributed by atoms with E-state index in [1.54, 1.807) is 18.2 Å². The van der Waals surface area contributed by atoms with Crippen LogP contribution in [-0.4, -0.2) is 4.98 Å². The number of alkyl halides is 3. The van der Waals surface area contributed by atoms with Gasteiger partial charge in [0.25, 0.3) is 0 Å². The summed E-state index contributed by atoms with van der Waals surface area (Å²) < 4.78 is 43.1. The highest BCUT2D eigenvalue weighted by atomic mass is 79.9. The molecule has 0 bridgehead atoms. The van der Waals surface area contributed by atoms with Crippen LogP contribution in [0.1, 0.15) is 5.56 Å². The van der Waals surface area contributed by atoms with Crippen molar-refractivity contribution in [2.75, 3.05) is 0 Å². The number of pyridine rings is 1. The number of rotatable bonds is 2. The number of ether oxygens (including phenoxy) is 1. The lowest BCUT2D eigenvalue weighted by Crippen LogP contribution is -2.05. The van der Waals surface area contributed by atoms with Gasteiger partial charge >= 0.3 is 6.18 Å². The summed E-state index contributed by atoms with van der Waals surface area (Å²) in [7, 11) is 0. The number of benzene rings is 1. The van der Waals surface area contributed by atoms with E-state index in [2.05, 4.69) is 20.9 Å². The molecule has 2 aromatic rings. The standard InChI is InChI=1S/C12H7BrF3NO/c13-9-2-1-3-10(6-9)18-11-5-4-8(7-17-11)12(14,15)16/h1-7H. The van der Waals surface area contributed by atoms with Crippen molar-refractivity contribution in [1.29, 1.82) is 0 Å². The van der Waals surface area contributed by atoms with Gasteiger partial charge in [-0.25, -0.2) is 4.98 Å². The summed E-state index contributed by atoms with van der Waals surface area (Å²) in [4.78, 5) is 3.61. The zero-order valence-electron chi connectivity index (χ0n) is 8.91. The van der Waals surface area contributed by atoms with Crippen molar-refractivity contribution in [3.8, 4) is 11.6 Å². The van der Waals surface area contributed by atoms with Crippen LogP contribution in [0.4, 0.5) is 13.2 Å². The minimum atomic E-state index is -4.39. The van der Waals surface area contributed by atoms with E-state index in [9.17, 15) is 13.2 Å². The Morgan fingerprint density at radius 3 is 2.44 bits per heavy atom. The van der Waals surface area contributed by atoms with E-state index in [0.717, 1.165) is 16.7 Å². The van der Waals surface area contributed by atoms with Gasteiger partial charge in [-0.1, -0.05) is 22.0 Å². The van der Waals surface area contributed by atoms with Gasteiger partial charge in [-0.05, 0) is 24.3 Å². The maximum absolute atomic E-state index is 12.3.